The number of hydrogen-bond donors (Lipinski definition) is 0. The molecule has 5 heteroatoms. The Morgan fingerprint density at radius 2 is 1.10 bits per heavy atom. The Kier molecular flexibility index (Phi) is 23.4. The topological polar surface area (TPSA) is 44.8 Å². The lowest BCUT2D eigenvalue weighted by molar-refractivity contribution is 0.155. The van der Waals surface area contributed by atoms with Crippen LogP contribution in [0.4, 0.5) is 0 Å². The standard InChI is InChI=1S/C26H55O4P/c1-5-8-11-13-14-15-16-18-22-29-31(27,25-10-7-3)30-24-21-26(20-23-28-4)19-17-12-9-6-2/h26H,5-25H2,1-4H3. The molecule has 0 saturated carbocycles. The molecule has 31 heavy (non-hydrogen) atoms. The van der Waals surface area contributed by atoms with Gasteiger partial charge in [0.05, 0.1) is 19.4 Å². The van der Waals surface area contributed by atoms with Crippen LogP contribution in [0.2, 0.25) is 0 Å². The molecule has 0 aromatic heterocycles. The molecule has 0 amide bonds. The van der Waals surface area contributed by atoms with E-state index in [9.17, 15) is 4.57 Å². The number of rotatable bonds is 25. The molecule has 0 saturated heterocycles. The Morgan fingerprint density at radius 1 is 0.581 bits per heavy atom. The molecule has 0 fully saturated rings. The molecule has 0 aliphatic carbocycles. The summed E-state index contributed by atoms with van der Waals surface area (Å²) in [6, 6.07) is 0. The summed E-state index contributed by atoms with van der Waals surface area (Å²) in [4.78, 5) is 0. The van der Waals surface area contributed by atoms with Gasteiger partial charge in [-0.2, -0.15) is 0 Å². The molecule has 0 spiro atoms. The maximum absolute atomic E-state index is 13.2. The highest BCUT2D eigenvalue weighted by molar-refractivity contribution is 7.53. The van der Waals surface area contributed by atoms with E-state index in [1.54, 1.807) is 7.11 Å². The molecule has 0 heterocycles. The monoisotopic (exact) mass is 462 g/mol. The lowest BCUT2D eigenvalue weighted by Gasteiger charge is -2.21. The summed E-state index contributed by atoms with van der Waals surface area (Å²) in [6.45, 7) is 8.53. The molecule has 0 bridgehead atoms. The first-order valence-electron chi connectivity index (χ1n) is 13.5. The van der Waals surface area contributed by atoms with Crippen molar-refractivity contribution in [2.24, 2.45) is 5.92 Å². The molecular formula is C26H55O4P. The third-order valence-corrected chi connectivity index (χ3v) is 8.10. The van der Waals surface area contributed by atoms with Crippen LogP contribution >= 0.6 is 7.60 Å². The van der Waals surface area contributed by atoms with Crippen LogP contribution in [-0.4, -0.2) is 33.1 Å². The van der Waals surface area contributed by atoms with Crippen LogP contribution in [0.1, 0.15) is 130 Å². The van der Waals surface area contributed by atoms with Crippen LogP contribution in [-0.2, 0) is 18.3 Å². The molecular weight excluding hydrogens is 407 g/mol. The van der Waals surface area contributed by atoms with E-state index in [4.69, 9.17) is 13.8 Å². The van der Waals surface area contributed by atoms with Gasteiger partial charge < -0.3 is 13.8 Å². The summed E-state index contributed by atoms with van der Waals surface area (Å²) in [5.41, 5.74) is 0. The average molecular weight is 463 g/mol. The third kappa shape index (κ3) is 20.4. The Labute approximate surface area is 195 Å². The van der Waals surface area contributed by atoms with E-state index >= 15 is 0 Å². The zero-order valence-corrected chi connectivity index (χ0v) is 22.4. The van der Waals surface area contributed by atoms with Crippen LogP contribution in [0.5, 0.6) is 0 Å². The van der Waals surface area contributed by atoms with Crippen LogP contribution in [0, 0.1) is 5.92 Å². The van der Waals surface area contributed by atoms with Crippen molar-refractivity contribution < 1.29 is 18.3 Å². The first kappa shape index (κ1) is 31.1. The van der Waals surface area contributed by atoms with Crippen molar-refractivity contribution in [3.8, 4) is 0 Å². The highest BCUT2D eigenvalue weighted by Gasteiger charge is 2.24. The molecule has 0 rings (SSSR count). The zero-order chi connectivity index (χ0) is 23.0. The second-order valence-electron chi connectivity index (χ2n) is 9.11. The molecule has 0 aliphatic heterocycles. The van der Waals surface area contributed by atoms with Crippen molar-refractivity contribution in [3.63, 3.8) is 0 Å². The highest BCUT2D eigenvalue weighted by atomic mass is 31.2. The molecule has 4 nitrogen and oxygen atoms in total. The lowest BCUT2D eigenvalue weighted by Crippen LogP contribution is -2.10. The van der Waals surface area contributed by atoms with E-state index in [2.05, 4.69) is 20.8 Å². The summed E-state index contributed by atoms with van der Waals surface area (Å²) >= 11 is 0. The SMILES string of the molecule is CCCCCCCCCCOP(=O)(CCCC)OCCC(CCCCCC)CCOC. The summed E-state index contributed by atoms with van der Waals surface area (Å²) in [5.74, 6) is 0.587. The van der Waals surface area contributed by atoms with E-state index in [0.717, 1.165) is 45.1 Å². The van der Waals surface area contributed by atoms with Gasteiger partial charge in [0.15, 0.2) is 0 Å². The van der Waals surface area contributed by atoms with Crippen molar-refractivity contribution in [2.75, 3.05) is 33.1 Å². The van der Waals surface area contributed by atoms with Gasteiger partial charge in [-0.25, -0.2) is 0 Å². The molecule has 188 valence electrons. The number of methoxy groups -OCH3 is 1. The van der Waals surface area contributed by atoms with Gasteiger partial charge in [-0.05, 0) is 31.6 Å². The summed E-state index contributed by atoms with van der Waals surface area (Å²) in [6.07, 6.45) is 20.9. The van der Waals surface area contributed by atoms with Gasteiger partial charge in [0.25, 0.3) is 0 Å². The zero-order valence-electron chi connectivity index (χ0n) is 21.5. The van der Waals surface area contributed by atoms with Gasteiger partial charge in [0.2, 0.25) is 0 Å². The maximum Gasteiger partial charge on any atom is 0.330 e. The predicted molar refractivity (Wildman–Crippen MR) is 135 cm³/mol. The van der Waals surface area contributed by atoms with E-state index in [1.165, 1.54) is 70.6 Å². The fourth-order valence-electron chi connectivity index (χ4n) is 3.89. The van der Waals surface area contributed by atoms with Crippen molar-refractivity contribution in [1.82, 2.24) is 0 Å². The second kappa shape index (κ2) is 23.3. The van der Waals surface area contributed by atoms with Crippen molar-refractivity contribution in [3.05, 3.63) is 0 Å². The lowest BCUT2D eigenvalue weighted by atomic mass is 9.95. The van der Waals surface area contributed by atoms with Gasteiger partial charge in [-0.1, -0.05) is 104 Å². The van der Waals surface area contributed by atoms with Gasteiger partial charge in [-0.3, -0.25) is 4.57 Å². The van der Waals surface area contributed by atoms with Gasteiger partial charge >= 0.3 is 7.60 Å². The fraction of sp³-hybridized carbons (Fsp3) is 1.00. The Morgan fingerprint density at radius 3 is 1.71 bits per heavy atom. The van der Waals surface area contributed by atoms with Crippen molar-refractivity contribution in [1.29, 1.82) is 0 Å². The van der Waals surface area contributed by atoms with Crippen LogP contribution in [0.3, 0.4) is 0 Å². The molecule has 0 aromatic rings. The Hall–Kier alpha value is 0.110. The van der Waals surface area contributed by atoms with E-state index in [0.29, 0.717) is 25.3 Å². The molecule has 0 N–H and O–H groups in total. The minimum atomic E-state index is -2.96. The van der Waals surface area contributed by atoms with Crippen molar-refractivity contribution in [2.45, 2.75) is 130 Å². The predicted octanol–water partition coefficient (Wildman–Crippen LogP) is 9.17. The summed E-state index contributed by atoms with van der Waals surface area (Å²) in [7, 11) is -1.19. The molecule has 0 radical (unpaired) electrons. The van der Waals surface area contributed by atoms with E-state index in [-0.39, 0.29) is 0 Å². The molecule has 0 aromatic carbocycles. The summed E-state index contributed by atoms with van der Waals surface area (Å²) < 4.78 is 30.3. The summed E-state index contributed by atoms with van der Waals surface area (Å²) in [5, 5.41) is 0. The van der Waals surface area contributed by atoms with Crippen LogP contribution < -0.4 is 0 Å². The van der Waals surface area contributed by atoms with Crippen molar-refractivity contribution >= 4 is 7.60 Å². The smallest absolute Gasteiger partial charge is 0.330 e. The second-order valence-corrected chi connectivity index (χ2v) is 11.3. The van der Waals surface area contributed by atoms with Gasteiger partial charge in [-0.15, -0.1) is 0 Å². The molecule has 0 aliphatic rings. The van der Waals surface area contributed by atoms with E-state index in [1.807, 2.05) is 0 Å². The highest BCUT2D eigenvalue weighted by Crippen LogP contribution is 2.49. The largest absolute Gasteiger partial charge is 0.385 e. The van der Waals surface area contributed by atoms with Gasteiger partial charge in [0, 0.05) is 13.7 Å². The first-order valence-corrected chi connectivity index (χ1v) is 15.2. The number of ether oxygens (including phenoxy) is 1. The molecule has 2 unspecified atom stereocenters. The maximum atomic E-state index is 13.2. The first-order chi connectivity index (χ1) is 15.1. The van der Waals surface area contributed by atoms with Crippen LogP contribution in [0.25, 0.3) is 0 Å². The Bertz CT molecular complexity index is 403. The number of unbranched alkanes of at least 4 members (excludes halogenated alkanes) is 11. The number of hydrogen-bond acceptors (Lipinski definition) is 4. The Balaban J connectivity index is 4.22. The fourth-order valence-corrected chi connectivity index (χ4v) is 5.72. The minimum absolute atomic E-state index is 0.542. The average Bonchev–Trinajstić information content (AvgIpc) is 2.77. The van der Waals surface area contributed by atoms with Gasteiger partial charge in [0.1, 0.15) is 0 Å². The molecule has 2 atom stereocenters. The van der Waals surface area contributed by atoms with E-state index < -0.39 is 7.60 Å². The van der Waals surface area contributed by atoms with Crippen LogP contribution in [0.15, 0.2) is 0 Å². The minimum Gasteiger partial charge on any atom is -0.385 e. The normalized spacial score (nSPS) is 14.6. The third-order valence-electron chi connectivity index (χ3n) is 6.08. The quantitative estimate of drug-likeness (QED) is 0.100.